The normalized spacial score (nSPS) is 18.4. The molecule has 0 amide bonds. The number of hydrogen-bond donors (Lipinski definition) is 0. The standard InChI is InChI=1S/C34H28Cl2F4N4O4/c35-24-17-26(37)22(15-32(24)43(45)46)30-6-7-31(23-16-33(44(47)48)25(36)18-27(23)38)42(30)21-13-28(39)34(29(40)14-21)41-10-8-20(9-11-41)12-19-4-2-1-3-5-19/h1-5,13-18,20,30-31H,6-12H2. The molecule has 2 aliphatic heterocycles. The van der Waals surface area contributed by atoms with Gasteiger partial charge in [0, 0.05) is 42.0 Å². The Hall–Kier alpha value is -4.42. The quantitative estimate of drug-likeness (QED) is 0.103. The summed E-state index contributed by atoms with van der Waals surface area (Å²) in [7, 11) is 0. The van der Waals surface area contributed by atoms with Crippen LogP contribution < -0.4 is 9.80 Å². The van der Waals surface area contributed by atoms with E-state index in [1.54, 1.807) is 4.90 Å². The predicted octanol–water partition coefficient (Wildman–Crippen LogP) is 9.91. The smallest absolute Gasteiger partial charge is 0.288 e. The lowest BCUT2D eigenvalue weighted by Gasteiger charge is -2.36. The molecule has 0 aromatic heterocycles. The molecule has 4 aromatic rings. The number of benzene rings is 4. The Labute approximate surface area is 282 Å². The second kappa shape index (κ2) is 13.6. The van der Waals surface area contributed by atoms with Gasteiger partial charge in [0.15, 0.2) is 11.6 Å². The van der Waals surface area contributed by atoms with Crippen LogP contribution in [0.15, 0.2) is 66.7 Å². The first-order valence-corrected chi connectivity index (χ1v) is 16.0. The Morgan fingerprint density at radius 2 is 1.17 bits per heavy atom. The van der Waals surface area contributed by atoms with Crippen LogP contribution in [0.5, 0.6) is 0 Å². The minimum absolute atomic E-state index is 0.0517. The highest BCUT2D eigenvalue weighted by molar-refractivity contribution is 6.33. The van der Waals surface area contributed by atoms with E-state index in [0.717, 1.165) is 55.7 Å². The topological polar surface area (TPSA) is 92.8 Å². The van der Waals surface area contributed by atoms with E-state index < -0.39 is 66.6 Å². The van der Waals surface area contributed by atoms with Crippen LogP contribution in [0.2, 0.25) is 10.0 Å². The Bertz CT molecular complexity index is 1790. The number of nitrogens with zero attached hydrogens (tertiary/aromatic N) is 4. The van der Waals surface area contributed by atoms with Crippen LogP contribution in [0.1, 0.15) is 54.5 Å². The van der Waals surface area contributed by atoms with Gasteiger partial charge in [-0.1, -0.05) is 53.5 Å². The fourth-order valence-corrected chi connectivity index (χ4v) is 7.43. The molecule has 4 aromatic carbocycles. The van der Waals surface area contributed by atoms with Crippen molar-refractivity contribution in [2.24, 2.45) is 5.92 Å². The van der Waals surface area contributed by atoms with Crippen molar-refractivity contribution in [2.75, 3.05) is 22.9 Å². The lowest BCUT2D eigenvalue weighted by molar-refractivity contribution is -0.384. The molecule has 2 saturated heterocycles. The largest absolute Gasteiger partial charge is 0.367 e. The summed E-state index contributed by atoms with van der Waals surface area (Å²) in [4.78, 5) is 24.7. The number of nitro benzene ring substituents is 2. The van der Waals surface area contributed by atoms with E-state index in [1.165, 1.54) is 10.5 Å². The van der Waals surface area contributed by atoms with Crippen molar-refractivity contribution >= 4 is 46.0 Å². The summed E-state index contributed by atoms with van der Waals surface area (Å²) in [6.45, 7) is 0.831. The highest BCUT2D eigenvalue weighted by Gasteiger charge is 2.41. The van der Waals surface area contributed by atoms with E-state index >= 15 is 17.6 Å². The Morgan fingerprint density at radius 1 is 0.688 bits per heavy atom. The average Bonchev–Trinajstić information content (AvgIpc) is 3.46. The predicted molar refractivity (Wildman–Crippen MR) is 175 cm³/mol. The molecule has 2 unspecified atom stereocenters. The molecule has 0 spiro atoms. The molecule has 2 aliphatic rings. The number of nitro groups is 2. The molecule has 14 heteroatoms. The van der Waals surface area contributed by atoms with E-state index in [1.807, 2.05) is 30.3 Å². The Balaban J connectivity index is 1.38. The second-order valence-electron chi connectivity index (χ2n) is 12.1. The summed E-state index contributed by atoms with van der Waals surface area (Å²) in [5, 5.41) is 22.4. The fraction of sp³-hybridized carbons (Fsp3) is 0.294. The van der Waals surface area contributed by atoms with Crippen molar-refractivity contribution in [3.05, 3.63) is 137 Å². The van der Waals surface area contributed by atoms with Gasteiger partial charge >= 0.3 is 0 Å². The molecule has 0 N–H and O–H groups in total. The maximum absolute atomic E-state index is 16.0. The van der Waals surface area contributed by atoms with Gasteiger partial charge in [0.1, 0.15) is 27.4 Å². The van der Waals surface area contributed by atoms with Gasteiger partial charge in [-0.3, -0.25) is 20.2 Å². The summed E-state index contributed by atoms with van der Waals surface area (Å²) in [6, 6.07) is 13.4. The van der Waals surface area contributed by atoms with Gasteiger partial charge in [-0.05, 0) is 67.9 Å². The molecule has 8 nitrogen and oxygen atoms in total. The van der Waals surface area contributed by atoms with Crippen molar-refractivity contribution in [3.8, 4) is 0 Å². The van der Waals surface area contributed by atoms with Gasteiger partial charge in [0.2, 0.25) is 0 Å². The van der Waals surface area contributed by atoms with Crippen molar-refractivity contribution in [2.45, 2.75) is 44.2 Å². The summed E-state index contributed by atoms with van der Waals surface area (Å²) in [5.41, 5.74) is -0.732. The van der Waals surface area contributed by atoms with Gasteiger partial charge in [-0.25, -0.2) is 17.6 Å². The van der Waals surface area contributed by atoms with Gasteiger partial charge in [-0.2, -0.15) is 0 Å². The summed E-state index contributed by atoms with van der Waals surface area (Å²) >= 11 is 11.8. The number of hydrogen-bond acceptors (Lipinski definition) is 6. The molecular weight excluding hydrogens is 675 g/mol. The number of halogens is 6. The number of rotatable bonds is 8. The van der Waals surface area contributed by atoms with Crippen LogP contribution in [0.25, 0.3) is 0 Å². The van der Waals surface area contributed by atoms with E-state index in [4.69, 9.17) is 23.2 Å². The lowest BCUT2D eigenvalue weighted by Crippen LogP contribution is -2.35. The summed E-state index contributed by atoms with van der Waals surface area (Å²) in [5.74, 6) is -3.29. The molecule has 0 aliphatic carbocycles. The molecule has 0 bridgehead atoms. The molecule has 2 fully saturated rings. The number of piperidine rings is 1. The Kier molecular flexibility index (Phi) is 9.48. The maximum atomic E-state index is 16.0. The first-order valence-electron chi connectivity index (χ1n) is 15.3. The van der Waals surface area contributed by atoms with Gasteiger partial charge in [-0.15, -0.1) is 0 Å². The number of anilines is 2. The molecule has 250 valence electrons. The van der Waals surface area contributed by atoms with Crippen LogP contribution in [0.4, 0.5) is 40.3 Å². The van der Waals surface area contributed by atoms with Crippen molar-refractivity contribution in [1.82, 2.24) is 0 Å². The highest BCUT2D eigenvalue weighted by Crippen LogP contribution is 2.50. The Morgan fingerprint density at radius 3 is 1.62 bits per heavy atom. The molecule has 2 atom stereocenters. The highest BCUT2D eigenvalue weighted by atomic mass is 35.5. The van der Waals surface area contributed by atoms with Crippen LogP contribution in [0.3, 0.4) is 0 Å². The molecule has 2 heterocycles. The zero-order chi connectivity index (χ0) is 34.3. The van der Waals surface area contributed by atoms with Crippen LogP contribution in [0, 0.1) is 49.4 Å². The first-order chi connectivity index (χ1) is 22.9. The third-order valence-corrected chi connectivity index (χ3v) is 9.83. The summed E-state index contributed by atoms with van der Waals surface area (Å²) in [6.07, 6.45) is 2.39. The minimum Gasteiger partial charge on any atom is -0.367 e. The van der Waals surface area contributed by atoms with Crippen LogP contribution >= 0.6 is 23.2 Å². The molecule has 0 saturated carbocycles. The summed E-state index contributed by atoms with van der Waals surface area (Å²) < 4.78 is 62.8. The zero-order valence-corrected chi connectivity index (χ0v) is 26.7. The third-order valence-electron chi connectivity index (χ3n) is 9.23. The van der Waals surface area contributed by atoms with Gasteiger partial charge in [0.05, 0.1) is 21.9 Å². The monoisotopic (exact) mass is 702 g/mol. The van der Waals surface area contributed by atoms with E-state index in [2.05, 4.69) is 0 Å². The van der Waals surface area contributed by atoms with Crippen molar-refractivity contribution in [1.29, 1.82) is 0 Å². The van der Waals surface area contributed by atoms with Gasteiger partial charge in [0.25, 0.3) is 11.4 Å². The van der Waals surface area contributed by atoms with Crippen molar-refractivity contribution < 1.29 is 27.4 Å². The molecule has 0 radical (unpaired) electrons. The van der Waals surface area contributed by atoms with E-state index in [0.29, 0.717) is 19.0 Å². The average molecular weight is 704 g/mol. The van der Waals surface area contributed by atoms with Gasteiger partial charge < -0.3 is 9.80 Å². The van der Waals surface area contributed by atoms with Crippen LogP contribution in [-0.4, -0.2) is 22.9 Å². The van der Waals surface area contributed by atoms with E-state index in [-0.39, 0.29) is 35.3 Å². The maximum Gasteiger partial charge on any atom is 0.288 e. The molecular formula is C34H28Cl2F4N4O4. The fourth-order valence-electron chi connectivity index (χ4n) is 6.99. The molecule has 6 rings (SSSR count). The SMILES string of the molecule is O=[N+]([O-])c1cc(C2CCC(c3cc([N+](=O)[O-])c(Cl)cc3F)N2c2cc(F)c(N3CCC(Cc4ccccc4)CC3)c(F)c2)c(F)cc1Cl. The molecule has 48 heavy (non-hydrogen) atoms. The van der Waals surface area contributed by atoms with E-state index in [9.17, 15) is 20.2 Å². The zero-order valence-electron chi connectivity index (χ0n) is 25.2. The van der Waals surface area contributed by atoms with Crippen molar-refractivity contribution in [3.63, 3.8) is 0 Å². The third kappa shape index (κ3) is 6.51. The lowest BCUT2D eigenvalue weighted by atomic mass is 9.90. The second-order valence-corrected chi connectivity index (χ2v) is 12.9. The first kappa shape index (κ1) is 33.5. The van der Waals surface area contributed by atoms with Crippen LogP contribution in [-0.2, 0) is 6.42 Å². The minimum atomic E-state index is -1.08.